The number of carbonyl (C=O) groups excluding carboxylic acids is 1. The van der Waals surface area contributed by atoms with Crippen molar-refractivity contribution in [1.82, 2.24) is 5.32 Å². The third kappa shape index (κ3) is 4.25. The first-order valence-corrected chi connectivity index (χ1v) is 7.62. The molecule has 0 saturated carbocycles. The number of hydrogen-bond acceptors (Lipinski definition) is 3. The number of carbonyl (C=O) groups is 1. The summed E-state index contributed by atoms with van der Waals surface area (Å²) in [4.78, 5) is 12.9. The maximum absolute atomic E-state index is 11.8. The summed E-state index contributed by atoms with van der Waals surface area (Å²) in [7, 11) is 0. The van der Waals surface area contributed by atoms with E-state index < -0.39 is 0 Å². The van der Waals surface area contributed by atoms with Crippen LogP contribution in [0.5, 0.6) is 5.75 Å². The van der Waals surface area contributed by atoms with E-state index in [-0.39, 0.29) is 11.9 Å². The highest BCUT2D eigenvalue weighted by molar-refractivity contribution is 7.10. The second-order valence-electron chi connectivity index (χ2n) is 4.33. The molecule has 1 amide bonds. The van der Waals surface area contributed by atoms with Crippen LogP contribution in [0.15, 0.2) is 41.8 Å². The number of rotatable bonds is 6. The molecule has 20 heavy (non-hydrogen) atoms. The average molecular weight is 310 g/mol. The van der Waals surface area contributed by atoms with Crippen molar-refractivity contribution < 1.29 is 9.53 Å². The van der Waals surface area contributed by atoms with Crippen molar-refractivity contribution >= 4 is 28.8 Å². The number of nitrogens with one attached hydrogen (secondary N) is 1. The summed E-state index contributed by atoms with van der Waals surface area (Å²) in [6.07, 6.45) is 0.306. The lowest BCUT2D eigenvalue weighted by Gasteiger charge is -2.12. The Morgan fingerprint density at radius 1 is 1.35 bits per heavy atom. The van der Waals surface area contributed by atoms with Crippen LogP contribution in [0.2, 0.25) is 5.02 Å². The van der Waals surface area contributed by atoms with Gasteiger partial charge >= 0.3 is 0 Å². The molecular weight excluding hydrogens is 294 g/mol. The lowest BCUT2D eigenvalue weighted by atomic mass is 10.2. The minimum Gasteiger partial charge on any atom is -0.491 e. The van der Waals surface area contributed by atoms with Crippen molar-refractivity contribution in [3.8, 4) is 5.75 Å². The van der Waals surface area contributed by atoms with Crippen LogP contribution in [0, 0.1) is 0 Å². The van der Waals surface area contributed by atoms with Crippen LogP contribution in [-0.4, -0.2) is 12.5 Å². The fourth-order valence-corrected chi connectivity index (χ4v) is 2.66. The van der Waals surface area contributed by atoms with Crippen molar-refractivity contribution in [2.45, 2.75) is 19.4 Å². The van der Waals surface area contributed by atoms with Crippen LogP contribution >= 0.6 is 22.9 Å². The molecule has 0 saturated heterocycles. The van der Waals surface area contributed by atoms with Gasteiger partial charge in [0, 0.05) is 4.88 Å². The van der Waals surface area contributed by atoms with E-state index in [1.165, 1.54) is 0 Å². The summed E-state index contributed by atoms with van der Waals surface area (Å²) >= 11 is 7.60. The molecule has 3 nitrogen and oxygen atoms in total. The van der Waals surface area contributed by atoms with Crippen molar-refractivity contribution in [2.24, 2.45) is 0 Å². The molecule has 0 aliphatic carbocycles. The number of benzene rings is 1. The Hall–Kier alpha value is -1.52. The Bertz CT molecular complexity index is 557. The van der Waals surface area contributed by atoms with E-state index in [1.807, 2.05) is 36.6 Å². The topological polar surface area (TPSA) is 38.3 Å². The molecule has 106 valence electrons. The largest absolute Gasteiger partial charge is 0.491 e. The van der Waals surface area contributed by atoms with Gasteiger partial charge in [0.1, 0.15) is 5.75 Å². The van der Waals surface area contributed by atoms with Gasteiger partial charge in [-0.15, -0.1) is 11.3 Å². The summed E-state index contributed by atoms with van der Waals surface area (Å²) in [5.74, 6) is 0.575. The van der Waals surface area contributed by atoms with Gasteiger partial charge in [-0.25, -0.2) is 0 Å². The summed E-state index contributed by atoms with van der Waals surface area (Å²) in [5, 5.41) is 5.50. The lowest BCUT2D eigenvalue weighted by molar-refractivity contribution is -0.122. The number of amides is 1. The average Bonchev–Trinajstić information content (AvgIpc) is 2.95. The standard InChI is InChI=1S/C15H16ClNO2S/c1-11(14-7-4-10-20-14)17-15(18)8-9-19-13-6-3-2-5-12(13)16/h2-7,10-11H,8-9H2,1H3,(H,17,18)/t11-/m1/s1. The molecular formula is C15H16ClNO2S. The Labute approximate surface area is 127 Å². The molecule has 1 atom stereocenters. The van der Waals surface area contributed by atoms with E-state index in [9.17, 15) is 4.79 Å². The third-order valence-electron chi connectivity index (χ3n) is 2.77. The SMILES string of the molecule is C[C@@H](NC(=O)CCOc1ccccc1Cl)c1cccs1. The van der Waals surface area contributed by atoms with E-state index in [4.69, 9.17) is 16.3 Å². The fourth-order valence-electron chi connectivity index (χ4n) is 1.74. The van der Waals surface area contributed by atoms with Crippen LogP contribution in [-0.2, 0) is 4.79 Å². The van der Waals surface area contributed by atoms with Crippen LogP contribution < -0.4 is 10.1 Å². The zero-order chi connectivity index (χ0) is 14.4. The maximum atomic E-state index is 11.8. The third-order valence-corrected chi connectivity index (χ3v) is 4.14. The first-order chi connectivity index (χ1) is 9.66. The van der Waals surface area contributed by atoms with Crippen molar-refractivity contribution in [3.05, 3.63) is 51.7 Å². The van der Waals surface area contributed by atoms with E-state index in [0.717, 1.165) is 4.88 Å². The van der Waals surface area contributed by atoms with E-state index >= 15 is 0 Å². The molecule has 1 N–H and O–H groups in total. The summed E-state index contributed by atoms with van der Waals surface area (Å²) in [6, 6.07) is 11.2. The monoisotopic (exact) mass is 309 g/mol. The first kappa shape index (κ1) is 14.9. The van der Waals surface area contributed by atoms with Crippen LogP contribution in [0.1, 0.15) is 24.3 Å². The predicted molar refractivity (Wildman–Crippen MR) is 82.4 cm³/mol. The van der Waals surface area contributed by atoms with Crippen LogP contribution in [0.25, 0.3) is 0 Å². The quantitative estimate of drug-likeness (QED) is 0.874. The number of ether oxygens (including phenoxy) is 1. The number of para-hydroxylation sites is 1. The van der Waals surface area contributed by atoms with Gasteiger partial charge in [-0.1, -0.05) is 29.8 Å². The van der Waals surface area contributed by atoms with Gasteiger partial charge in [-0.05, 0) is 30.5 Å². The molecule has 0 aliphatic rings. The fraction of sp³-hybridized carbons (Fsp3) is 0.267. The summed E-state index contributed by atoms with van der Waals surface area (Å²) < 4.78 is 5.49. The molecule has 0 bridgehead atoms. The molecule has 1 heterocycles. The van der Waals surface area contributed by atoms with Gasteiger partial charge in [-0.3, -0.25) is 4.79 Å². The molecule has 2 rings (SSSR count). The minimum absolute atomic E-state index is 0.0297. The second-order valence-corrected chi connectivity index (χ2v) is 5.72. The first-order valence-electron chi connectivity index (χ1n) is 6.37. The van der Waals surface area contributed by atoms with Gasteiger partial charge in [0.15, 0.2) is 0 Å². The number of thiophene rings is 1. The molecule has 0 aliphatic heterocycles. The number of halogens is 1. The molecule has 0 spiro atoms. The molecule has 5 heteroatoms. The highest BCUT2D eigenvalue weighted by Crippen LogP contribution is 2.23. The van der Waals surface area contributed by atoms with E-state index in [2.05, 4.69) is 5.32 Å². The van der Waals surface area contributed by atoms with Crippen molar-refractivity contribution in [2.75, 3.05) is 6.61 Å². The van der Waals surface area contributed by atoms with Crippen molar-refractivity contribution in [1.29, 1.82) is 0 Å². The molecule has 1 aromatic heterocycles. The zero-order valence-corrected chi connectivity index (χ0v) is 12.7. The van der Waals surface area contributed by atoms with E-state index in [1.54, 1.807) is 23.5 Å². The highest BCUT2D eigenvalue weighted by Gasteiger charge is 2.10. The summed E-state index contributed by atoms with van der Waals surface area (Å²) in [5.41, 5.74) is 0. The van der Waals surface area contributed by atoms with Crippen molar-refractivity contribution in [3.63, 3.8) is 0 Å². The Balaban J connectivity index is 1.74. The Morgan fingerprint density at radius 2 is 2.15 bits per heavy atom. The van der Waals surface area contributed by atoms with Crippen LogP contribution in [0.3, 0.4) is 0 Å². The lowest BCUT2D eigenvalue weighted by Crippen LogP contribution is -2.27. The second kappa shape index (κ2) is 7.31. The van der Waals surface area contributed by atoms with Gasteiger partial charge < -0.3 is 10.1 Å². The van der Waals surface area contributed by atoms with Gasteiger partial charge in [-0.2, -0.15) is 0 Å². The Kier molecular flexibility index (Phi) is 5.44. The molecule has 1 aromatic carbocycles. The highest BCUT2D eigenvalue weighted by atomic mass is 35.5. The van der Waals surface area contributed by atoms with Gasteiger partial charge in [0.25, 0.3) is 0 Å². The minimum atomic E-state index is -0.0297. The predicted octanol–water partition coefficient (Wildman–Crippen LogP) is 4.05. The molecule has 0 unspecified atom stereocenters. The van der Waals surface area contributed by atoms with E-state index in [0.29, 0.717) is 23.8 Å². The number of hydrogen-bond donors (Lipinski definition) is 1. The molecule has 0 fully saturated rings. The smallest absolute Gasteiger partial charge is 0.223 e. The molecule has 2 aromatic rings. The zero-order valence-electron chi connectivity index (χ0n) is 11.1. The summed E-state index contributed by atoms with van der Waals surface area (Å²) in [6.45, 7) is 2.28. The maximum Gasteiger partial charge on any atom is 0.223 e. The van der Waals surface area contributed by atoms with Gasteiger partial charge in [0.05, 0.1) is 24.1 Å². The van der Waals surface area contributed by atoms with Crippen LogP contribution in [0.4, 0.5) is 0 Å². The van der Waals surface area contributed by atoms with Gasteiger partial charge in [0.2, 0.25) is 5.91 Å². The Morgan fingerprint density at radius 3 is 2.85 bits per heavy atom. The normalized spacial score (nSPS) is 11.9. The molecule has 0 radical (unpaired) electrons.